The molecule has 0 aliphatic heterocycles. The van der Waals surface area contributed by atoms with E-state index in [0.717, 1.165) is 5.75 Å². The van der Waals surface area contributed by atoms with Crippen molar-refractivity contribution in [3.8, 4) is 17.2 Å². The molecule has 0 aromatic heterocycles. The second-order valence-electron chi connectivity index (χ2n) is 5.34. The lowest BCUT2D eigenvalue weighted by molar-refractivity contribution is -0.116. The van der Waals surface area contributed by atoms with Crippen molar-refractivity contribution in [3.05, 3.63) is 48.5 Å². The van der Waals surface area contributed by atoms with Crippen molar-refractivity contribution < 1.29 is 19.0 Å². The molecule has 5 nitrogen and oxygen atoms in total. The maximum Gasteiger partial charge on any atom is 0.224 e. The predicted octanol–water partition coefficient (Wildman–Crippen LogP) is 4.28. The van der Waals surface area contributed by atoms with Crippen LogP contribution >= 0.6 is 0 Å². The van der Waals surface area contributed by atoms with Gasteiger partial charge in [0.05, 0.1) is 19.8 Å². The van der Waals surface area contributed by atoms with Gasteiger partial charge in [-0.1, -0.05) is 18.2 Å². The molecular formula is C20H25NO4. The number of hydrogen-bond donors (Lipinski definition) is 1. The van der Waals surface area contributed by atoms with Crippen LogP contribution in [0.2, 0.25) is 0 Å². The van der Waals surface area contributed by atoms with Gasteiger partial charge in [-0.3, -0.25) is 4.79 Å². The molecule has 0 unspecified atom stereocenters. The van der Waals surface area contributed by atoms with Crippen LogP contribution in [-0.2, 0) is 4.79 Å². The maximum atomic E-state index is 12.1. The summed E-state index contributed by atoms with van der Waals surface area (Å²) in [5.74, 6) is 2.08. The zero-order valence-corrected chi connectivity index (χ0v) is 14.8. The molecule has 0 aliphatic carbocycles. The fourth-order valence-corrected chi connectivity index (χ4v) is 2.29. The number of carbonyl (C=O) groups excluding carboxylic acids is 1. The van der Waals surface area contributed by atoms with Gasteiger partial charge >= 0.3 is 0 Å². The Morgan fingerprint density at radius 3 is 2.36 bits per heavy atom. The van der Waals surface area contributed by atoms with Gasteiger partial charge in [-0.05, 0) is 44.5 Å². The minimum absolute atomic E-state index is 0.0525. The van der Waals surface area contributed by atoms with Gasteiger partial charge < -0.3 is 19.5 Å². The minimum Gasteiger partial charge on any atom is -0.494 e. The Bertz CT molecular complexity index is 658. The summed E-state index contributed by atoms with van der Waals surface area (Å²) in [5, 5.41) is 2.88. The molecule has 2 rings (SSSR count). The molecule has 0 atom stereocenters. The maximum absolute atomic E-state index is 12.1. The van der Waals surface area contributed by atoms with Crippen molar-refractivity contribution in [1.82, 2.24) is 0 Å². The largest absolute Gasteiger partial charge is 0.494 e. The first-order valence-electron chi connectivity index (χ1n) is 8.60. The quantitative estimate of drug-likeness (QED) is 0.654. The molecule has 2 aromatic rings. The first kappa shape index (κ1) is 18.6. The van der Waals surface area contributed by atoms with Gasteiger partial charge in [0.2, 0.25) is 5.91 Å². The smallest absolute Gasteiger partial charge is 0.224 e. The predicted molar refractivity (Wildman–Crippen MR) is 98.6 cm³/mol. The van der Waals surface area contributed by atoms with Gasteiger partial charge in [0, 0.05) is 18.2 Å². The number of nitrogens with one attached hydrogen (secondary N) is 1. The van der Waals surface area contributed by atoms with E-state index in [-0.39, 0.29) is 5.91 Å². The number of para-hydroxylation sites is 1. The number of carbonyl (C=O) groups is 1. The second kappa shape index (κ2) is 10.2. The van der Waals surface area contributed by atoms with Crippen LogP contribution in [0.15, 0.2) is 48.5 Å². The Hall–Kier alpha value is -2.69. The van der Waals surface area contributed by atoms with E-state index in [9.17, 15) is 4.79 Å². The highest BCUT2D eigenvalue weighted by Crippen LogP contribution is 2.30. The Morgan fingerprint density at radius 1 is 0.920 bits per heavy atom. The van der Waals surface area contributed by atoms with Crippen LogP contribution in [0.4, 0.5) is 5.69 Å². The monoisotopic (exact) mass is 343 g/mol. The molecule has 134 valence electrons. The van der Waals surface area contributed by atoms with Crippen molar-refractivity contribution in [2.24, 2.45) is 0 Å². The Morgan fingerprint density at radius 2 is 1.64 bits per heavy atom. The summed E-state index contributed by atoms with van der Waals surface area (Å²) >= 11 is 0. The van der Waals surface area contributed by atoms with E-state index in [0.29, 0.717) is 49.8 Å². The molecule has 0 radical (unpaired) electrons. The number of ether oxygens (including phenoxy) is 3. The van der Waals surface area contributed by atoms with Crippen LogP contribution in [0, 0.1) is 0 Å². The van der Waals surface area contributed by atoms with Gasteiger partial charge in [-0.25, -0.2) is 0 Å². The lowest BCUT2D eigenvalue weighted by Crippen LogP contribution is -2.13. The first-order valence-corrected chi connectivity index (χ1v) is 8.60. The molecule has 1 N–H and O–H groups in total. The van der Waals surface area contributed by atoms with Gasteiger partial charge in [-0.2, -0.15) is 0 Å². The van der Waals surface area contributed by atoms with Crippen LogP contribution in [0.25, 0.3) is 0 Å². The van der Waals surface area contributed by atoms with E-state index in [2.05, 4.69) is 5.32 Å². The number of amides is 1. The highest BCUT2D eigenvalue weighted by atomic mass is 16.5. The molecule has 0 saturated heterocycles. The van der Waals surface area contributed by atoms with Crippen molar-refractivity contribution in [1.29, 1.82) is 0 Å². The third-order valence-corrected chi connectivity index (χ3v) is 3.39. The zero-order chi connectivity index (χ0) is 17.9. The van der Waals surface area contributed by atoms with Crippen molar-refractivity contribution >= 4 is 11.6 Å². The van der Waals surface area contributed by atoms with E-state index in [4.69, 9.17) is 14.2 Å². The average Bonchev–Trinajstić information content (AvgIpc) is 2.62. The van der Waals surface area contributed by atoms with Crippen LogP contribution < -0.4 is 19.5 Å². The summed E-state index contributed by atoms with van der Waals surface area (Å²) in [7, 11) is 0. The van der Waals surface area contributed by atoms with Crippen molar-refractivity contribution in [2.45, 2.75) is 26.7 Å². The van der Waals surface area contributed by atoms with E-state index < -0.39 is 0 Å². The van der Waals surface area contributed by atoms with Crippen LogP contribution in [0.1, 0.15) is 26.7 Å². The van der Waals surface area contributed by atoms with Crippen LogP contribution in [-0.4, -0.2) is 25.7 Å². The average molecular weight is 343 g/mol. The summed E-state index contributed by atoms with van der Waals surface area (Å²) in [6.45, 7) is 5.43. The molecule has 5 heteroatoms. The van der Waals surface area contributed by atoms with E-state index in [1.54, 1.807) is 6.07 Å². The summed E-state index contributed by atoms with van der Waals surface area (Å²) < 4.78 is 16.7. The fourth-order valence-electron chi connectivity index (χ4n) is 2.29. The van der Waals surface area contributed by atoms with E-state index >= 15 is 0 Å². The Balaban J connectivity index is 1.80. The standard InChI is InChI=1S/C20H25NO4/c1-3-23-18-13-12-16(15-19(18)24-4-2)21-20(22)11-8-14-25-17-9-6-5-7-10-17/h5-7,9-10,12-13,15H,3-4,8,11,14H2,1-2H3,(H,21,22). The molecular weight excluding hydrogens is 318 g/mol. The van der Waals surface area contributed by atoms with Crippen molar-refractivity contribution in [3.63, 3.8) is 0 Å². The summed E-state index contributed by atoms with van der Waals surface area (Å²) in [5.41, 5.74) is 0.695. The Kier molecular flexibility index (Phi) is 7.63. The topological polar surface area (TPSA) is 56.8 Å². The lowest BCUT2D eigenvalue weighted by atomic mass is 10.2. The number of rotatable bonds is 10. The highest BCUT2D eigenvalue weighted by molar-refractivity contribution is 5.91. The second-order valence-corrected chi connectivity index (χ2v) is 5.34. The molecule has 25 heavy (non-hydrogen) atoms. The number of hydrogen-bond acceptors (Lipinski definition) is 4. The molecule has 0 aliphatic rings. The third-order valence-electron chi connectivity index (χ3n) is 3.39. The third kappa shape index (κ3) is 6.37. The van der Waals surface area contributed by atoms with Gasteiger partial charge in [0.15, 0.2) is 11.5 Å². The number of anilines is 1. The van der Waals surface area contributed by atoms with Gasteiger partial charge in [0.1, 0.15) is 5.75 Å². The Labute approximate surface area is 148 Å². The van der Waals surface area contributed by atoms with E-state index in [1.165, 1.54) is 0 Å². The molecule has 0 spiro atoms. The zero-order valence-electron chi connectivity index (χ0n) is 14.8. The summed E-state index contributed by atoms with van der Waals surface area (Å²) in [6, 6.07) is 15.0. The molecule has 0 fully saturated rings. The molecule has 0 saturated carbocycles. The molecule has 1 amide bonds. The normalized spacial score (nSPS) is 10.2. The van der Waals surface area contributed by atoms with E-state index in [1.807, 2.05) is 56.3 Å². The SMILES string of the molecule is CCOc1ccc(NC(=O)CCCOc2ccccc2)cc1OCC. The molecule has 0 bridgehead atoms. The van der Waals surface area contributed by atoms with Gasteiger partial charge in [-0.15, -0.1) is 0 Å². The minimum atomic E-state index is -0.0525. The highest BCUT2D eigenvalue weighted by Gasteiger charge is 2.08. The number of benzene rings is 2. The molecule has 0 heterocycles. The van der Waals surface area contributed by atoms with Crippen molar-refractivity contribution in [2.75, 3.05) is 25.1 Å². The van der Waals surface area contributed by atoms with Gasteiger partial charge in [0.25, 0.3) is 0 Å². The molecule has 2 aromatic carbocycles. The summed E-state index contributed by atoms with van der Waals surface area (Å²) in [4.78, 5) is 12.1. The van der Waals surface area contributed by atoms with Crippen LogP contribution in [0.3, 0.4) is 0 Å². The summed E-state index contributed by atoms with van der Waals surface area (Å²) in [6.07, 6.45) is 1.04. The lowest BCUT2D eigenvalue weighted by Gasteiger charge is -2.13. The fraction of sp³-hybridized carbons (Fsp3) is 0.350. The van der Waals surface area contributed by atoms with Crippen LogP contribution in [0.5, 0.6) is 17.2 Å². The first-order chi connectivity index (χ1) is 12.2.